The van der Waals surface area contributed by atoms with Crippen molar-refractivity contribution in [1.29, 1.82) is 5.26 Å². The summed E-state index contributed by atoms with van der Waals surface area (Å²) < 4.78 is 38.7. The van der Waals surface area contributed by atoms with Gasteiger partial charge in [-0.3, -0.25) is 9.78 Å². The van der Waals surface area contributed by atoms with Crippen LogP contribution in [0.3, 0.4) is 0 Å². The maximum atomic E-state index is 13.8. The fourth-order valence-corrected chi connectivity index (χ4v) is 5.16. The Morgan fingerprint density at radius 3 is 2.57 bits per heavy atom. The standard InChI is InChI=1S/C26H21FN4O3S/c1-4-31-23-10-20(16-8-17(13-29-12-16)35(27,33)34)19(14(2)3)9-21(23)25(32)24-18-6-5-15(11-28)7-22(18)30-26(24)31/h5-10,12-14,30H,4H2,1-3H3. The summed E-state index contributed by atoms with van der Waals surface area (Å²) in [7, 11) is -4.92. The van der Waals surface area contributed by atoms with Crippen molar-refractivity contribution in [2.24, 2.45) is 0 Å². The lowest BCUT2D eigenvalue weighted by Crippen LogP contribution is -2.11. The summed E-state index contributed by atoms with van der Waals surface area (Å²) in [5.74, 6) is -0.00799. The number of H-pyrrole nitrogens is 1. The quantitative estimate of drug-likeness (QED) is 0.342. The van der Waals surface area contributed by atoms with Crippen molar-refractivity contribution in [2.45, 2.75) is 38.1 Å². The average molecular weight is 489 g/mol. The zero-order chi connectivity index (χ0) is 25.1. The highest BCUT2D eigenvalue weighted by molar-refractivity contribution is 7.86. The Labute approximate surface area is 200 Å². The van der Waals surface area contributed by atoms with Gasteiger partial charge in [-0.15, -0.1) is 3.89 Å². The molecule has 0 fully saturated rings. The van der Waals surface area contributed by atoms with Gasteiger partial charge in [0.05, 0.1) is 22.5 Å². The SMILES string of the molecule is CCn1c2cc(-c3cncc(S(=O)(=O)F)c3)c(C(C)C)cc2c(=O)c2c3ccc(C#N)cc3[nH]c21. The van der Waals surface area contributed by atoms with Crippen molar-refractivity contribution in [2.75, 3.05) is 0 Å². The van der Waals surface area contributed by atoms with E-state index in [1.165, 1.54) is 12.3 Å². The molecule has 0 aliphatic heterocycles. The van der Waals surface area contributed by atoms with E-state index in [4.69, 9.17) is 0 Å². The predicted molar refractivity (Wildman–Crippen MR) is 134 cm³/mol. The molecule has 3 aromatic heterocycles. The van der Waals surface area contributed by atoms with Crippen LogP contribution in [0.1, 0.15) is 37.8 Å². The smallest absolute Gasteiger partial charge is 0.333 e. The Hall–Kier alpha value is -4.03. The van der Waals surface area contributed by atoms with E-state index in [1.807, 2.05) is 37.5 Å². The zero-order valence-electron chi connectivity index (χ0n) is 19.3. The summed E-state index contributed by atoms with van der Waals surface area (Å²) in [5.41, 5.74) is 4.28. The van der Waals surface area contributed by atoms with Gasteiger partial charge in [0.1, 0.15) is 10.5 Å². The second kappa shape index (κ2) is 8.03. The number of pyridine rings is 2. The zero-order valence-corrected chi connectivity index (χ0v) is 20.1. The van der Waals surface area contributed by atoms with Crippen LogP contribution in [0.2, 0.25) is 0 Å². The van der Waals surface area contributed by atoms with Crippen LogP contribution in [0, 0.1) is 11.3 Å². The Balaban J connectivity index is 1.92. The number of nitriles is 1. The largest absolute Gasteiger partial charge is 0.340 e. The molecule has 0 bridgehead atoms. The van der Waals surface area contributed by atoms with Gasteiger partial charge in [0, 0.05) is 40.8 Å². The number of aromatic amines is 1. The number of aromatic nitrogens is 3. The van der Waals surface area contributed by atoms with Gasteiger partial charge >= 0.3 is 10.2 Å². The van der Waals surface area contributed by atoms with Crippen LogP contribution in [-0.2, 0) is 16.8 Å². The average Bonchev–Trinajstić information content (AvgIpc) is 3.21. The van der Waals surface area contributed by atoms with Crippen LogP contribution < -0.4 is 5.43 Å². The Morgan fingerprint density at radius 2 is 1.91 bits per heavy atom. The van der Waals surface area contributed by atoms with Crippen LogP contribution in [0.4, 0.5) is 3.89 Å². The predicted octanol–water partition coefficient (Wildman–Crippen LogP) is 5.37. The molecule has 7 nitrogen and oxygen atoms in total. The van der Waals surface area contributed by atoms with Gasteiger partial charge in [0.15, 0.2) is 5.43 Å². The van der Waals surface area contributed by atoms with Crippen LogP contribution >= 0.6 is 0 Å². The molecular weight excluding hydrogens is 467 g/mol. The van der Waals surface area contributed by atoms with Gasteiger partial charge in [0.25, 0.3) is 0 Å². The highest BCUT2D eigenvalue weighted by atomic mass is 32.3. The van der Waals surface area contributed by atoms with Crippen molar-refractivity contribution in [3.8, 4) is 17.2 Å². The van der Waals surface area contributed by atoms with E-state index in [9.17, 15) is 22.4 Å². The van der Waals surface area contributed by atoms with Crippen molar-refractivity contribution in [3.05, 3.63) is 70.1 Å². The van der Waals surface area contributed by atoms with Crippen molar-refractivity contribution < 1.29 is 12.3 Å². The molecular formula is C26H21FN4O3S. The van der Waals surface area contributed by atoms with Crippen LogP contribution in [0.5, 0.6) is 0 Å². The molecule has 5 rings (SSSR count). The van der Waals surface area contributed by atoms with Crippen molar-refractivity contribution in [3.63, 3.8) is 0 Å². The molecule has 9 heteroatoms. The molecule has 2 aromatic carbocycles. The summed E-state index contributed by atoms with van der Waals surface area (Å²) in [6.07, 6.45) is 2.46. The molecule has 3 heterocycles. The van der Waals surface area contributed by atoms with Gasteiger partial charge in [-0.2, -0.15) is 13.7 Å². The van der Waals surface area contributed by atoms with Gasteiger partial charge in [-0.25, -0.2) is 0 Å². The third kappa shape index (κ3) is 3.58. The third-order valence-corrected chi connectivity index (χ3v) is 7.14. The Bertz CT molecular complexity index is 1880. The van der Waals surface area contributed by atoms with E-state index in [-0.39, 0.29) is 11.3 Å². The van der Waals surface area contributed by atoms with Crippen molar-refractivity contribution >= 4 is 43.1 Å². The summed E-state index contributed by atoms with van der Waals surface area (Å²) in [5, 5.41) is 11.1. The molecule has 176 valence electrons. The van der Waals surface area contributed by atoms with Gasteiger partial charge in [-0.1, -0.05) is 19.9 Å². The summed E-state index contributed by atoms with van der Waals surface area (Å²) in [6.45, 7) is 6.45. The first kappa shape index (κ1) is 22.7. The number of nitrogens with zero attached hydrogens (tertiary/aromatic N) is 3. The van der Waals surface area contributed by atoms with E-state index in [0.717, 1.165) is 17.1 Å². The second-order valence-corrected chi connectivity index (χ2v) is 10.1. The number of nitrogens with one attached hydrogen (secondary N) is 1. The molecule has 0 unspecified atom stereocenters. The molecule has 35 heavy (non-hydrogen) atoms. The number of halogens is 1. The minimum Gasteiger partial charge on any atom is -0.340 e. The highest BCUT2D eigenvalue weighted by Gasteiger charge is 2.21. The van der Waals surface area contributed by atoms with Gasteiger partial charge in [0.2, 0.25) is 0 Å². The van der Waals surface area contributed by atoms with E-state index in [2.05, 4.69) is 16.0 Å². The summed E-state index contributed by atoms with van der Waals surface area (Å²) in [4.78, 5) is 20.5. The molecule has 0 spiro atoms. The number of hydrogen-bond acceptors (Lipinski definition) is 5. The number of aryl methyl sites for hydroxylation is 1. The van der Waals surface area contributed by atoms with Crippen LogP contribution in [0.25, 0.3) is 44.0 Å². The monoisotopic (exact) mass is 488 g/mol. The molecule has 0 aliphatic rings. The molecule has 0 aliphatic carbocycles. The maximum absolute atomic E-state index is 13.8. The lowest BCUT2D eigenvalue weighted by molar-refractivity contribution is 0.551. The van der Waals surface area contributed by atoms with E-state index in [1.54, 1.807) is 18.2 Å². The first-order valence-electron chi connectivity index (χ1n) is 11.1. The maximum Gasteiger partial charge on any atom is 0.333 e. The highest BCUT2D eigenvalue weighted by Crippen LogP contribution is 2.35. The molecule has 5 aromatic rings. The molecule has 0 amide bonds. The fraction of sp³-hybridized carbons (Fsp3) is 0.192. The summed E-state index contributed by atoms with van der Waals surface area (Å²) >= 11 is 0. The Kier molecular flexibility index (Phi) is 5.22. The van der Waals surface area contributed by atoms with E-state index >= 15 is 0 Å². The lowest BCUT2D eigenvalue weighted by atomic mass is 9.91. The minimum absolute atomic E-state index is 0.00799. The van der Waals surface area contributed by atoms with Gasteiger partial charge in [-0.05, 0) is 54.3 Å². The van der Waals surface area contributed by atoms with E-state index < -0.39 is 15.1 Å². The number of hydrogen-bond donors (Lipinski definition) is 1. The first-order valence-corrected chi connectivity index (χ1v) is 12.5. The lowest BCUT2D eigenvalue weighted by Gasteiger charge is -2.18. The Morgan fingerprint density at radius 1 is 1.14 bits per heavy atom. The number of rotatable bonds is 4. The first-order chi connectivity index (χ1) is 16.6. The van der Waals surface area contributed by atoms with Crippen molar-refractivity contribution in [1.82, 2.24) is 14.5 Å². The number of fused-ring (bicyclic) bond motifs is 4. The second-order valence-electron chi connectivity index (χ2n) is 8.75. The summed E-state index contributed by atoms with van der Waals surface area (Å²) in [6, 6.07) is 12.3. The normalized spacial score (nSPS) is 12.1. The third-order valence-electron chi connectivity index (χ3n) is 6.35. The van der Waals surface area contributed by atoms with Crippen LogP contribution in [-0.4, -0.2) is 23.0 Å². The fourth-order valence-electron chi connectivity index (χ4n) is 4.71. The van der Waals surface area contributed by atoms with Gasteiger partial charge < -0.3 is 9.55 Å². The minimum atomic E-state index is -4.92. The number of benzene rings is 2. The molecule has 0 atom stereocenters. The molecule has 0 radical (unpaired) electrons. The molecule has 0 saturated carbocycles. The topological polar surface area (TPSA) is 109 Å². The van der Waals surface area contributed by atoms with E-state index in [0.29, 0.717) is 50.7 Å². The molecule has 1 N–H and O–H groups in total. The molecule has 0 saturated heterocycles. The van der Waals surface area contributed by atoms with Crippen LogP contribution in [0.15, 0.2) is 58.5 Å².